The number of ether oxygens (including phenoxy) is 2. The lowest BCUT2D eigenvalue weighted by molar-refractivity contribution is 0.0490. The van der Waals surface area contributed by atoms with Crippen LogP contribution in [0.25, 0.3) is 0 Å². The fraction of sp³-hybridized carbons (Fsp3) is 0.889. The maximum atomic E-state index is 10.5. The molecule has 0 saturated carbocycles. The predicted octanol–water partition coefficient (Wildman–Crippen LogP) is 2.36. The van der Waals surface area contributed by atoms with Crippen molar-refractivity contribution in [1.29, 1.82) is 0 Å². The highest BCUT2D eigenvalue weighted by atomic mass is 31.1. The highest BCUT2D eigenvalue weighted by molar-refractivity contribution is 7.32. The van der Waals surface area contributed by atoms with Gasteiger partial charge in [0.1, 0.15) is 6.61 Å². The molecule has 6 nitrogen and oxygen atoms in total. The zero-order chi connectivity index (χ0) is 12.8. The maximum Gasteiger partial charge on any atom is 0.508 e. The van der Waals surface area contributed by atoms with E-state index in [4.69, 9.17) is 4.89 Å². The van der Waals surface area contributed by atoms with Crippen molar-refractivity contribution in [1.82, 2.24) is 0 Å². The van der Waals surface area contributed by atoms with Crippen LogP contribution < -0.4 is 0 Å². The van der Waals surface area contributed by atoms with Gasteiger partial charge in [0.25, 0.3) is 0 Å². The summed E-state index contributed by atoms with van der Waals surface area (Å²) in [6, 6.07) is 0. The summed E-state index contributed by atoms with van der Waals surface area (Å²) in [5.74, 6) is 0. The van der Waals surface area contributed by atoms with Crippen molar-refractivity contribution in [3.05, 3.63) is 0 Å². The summed E-state index contributed by atoms with van der Waals surface area (Å²) in [5, 5.41) is 0. The monoisotopic (exact) mass is 256 g/mol. The van der Waals surface area contributed by atoms with Crippen molar-refractivity contribution in [2.75, 3.05) is 19.8 Å². The van der Waals surface area contributed by atoms with E-state index in [1.54, 1.807) is 6.92 Å². The van der Waals surface area contributed by atoms with E-state index in [9.17, 15) is 9.36 Å². The Bertz CT molecular complexity index is 183. The van der Waals surface area contributed by atoms with Gasteiger partial charge in [0, 0.05) is 0 Å². The molecule has 0 heterocycles. The standard InChI is InChI=1S/C5H11O6P.C4H10/c1-2-9-5(6)10-3-4-11-12(7)8;1-3-4-2/h12H,2-4H2,1H3,(H,7,8);3-4H2,1-2H3. The van der Waals surface area contributed by atoms with Gasteiger partial charge in [-0.15, -0.1) is 0 Å². The van der Waals surface area contributed by atoms with Gasteiger partial charge in [-0.2, -0.15) is 0 Å². The first kappa shape index (κ1) is 17.8. The molecule has 98 valence electrons. The van der Waals surface area contributed by atoms with Gasteiger partial charge >= 0.3 is 14.4 Å². The van der Waals surface area contributed by atoms with Crippen LogP contribution in [0.2, 0.25) is 0 Å². The average molecular weight is 256 g/mol. The summed E-state index contributed by atoms with van der Waals surface area (Å²) in [4.78, 5) is 18.6. The molecule has 1 atom stereocenters. The van der Waals surface area contributed by atoms with Crippen molar-refractivity contribution >= 4 is 14.4 Å². The van der Waals surface area contributed by atoms with Gasteiger partial charge in [0.2, 0.25) is 0 Å². The van der Waals surface area contributed by atoms with Gasteiger partial charge in [-0.05, 0) is 6.92 Å². The highest BCUT2D eigenvalue weighted by Crippen LogP contribution is 2.12. The van der Waals surface area contributed by atoms with Gasteiger partial charge in [0.05, 0.1) is 13.2 Å². The first-order valence-corrected chi connectivity index (χ1v) is 6.50. The zero-order valence-electron chi connectivity index (χ0n) is 10.0. The maximum absolute atomic E-state index is 10.5. The van der Waals surface area contributed by atoms with E-state index in [2.05, 4.69) is 27.8 Å². The Morgan fingerprint density at radius 3 is 2.06 bits per heavy atom. The normalized spacial score (nSPS) is 11.0. The molecule has 0 aromatic carbocycles. The second-order valence-corrected chi connectivity index (χ2v) is 3.47. The Kier molecular flexibility index (Phi) is 16.0. The van der Waals surface area contributed by atoms with E-state index in [0.717, 1.165) is 0 Å². The SMILES string of the molecule is CCCC.CCOC(=O)OCCO[PH](=O)O. The quantitative estimate of drug-likeness (QED) is 0.446. The Morgan fingerprint density at radius 1 is 1.12 bits per heavy atom. The van der Waals surface area contributed by atoms with Crippen LogP contribution in [0.3, 0.4) is 0 Å². The van der Waals surface area contributed by atoms with Crippen molar-refractivity contribution in [2.45, 2.75) is 33.6 Å². The Hall–Kier alpha value is -0.580. The van der Waals surface area contributed by atoms with Crippen LogP contribution in [0, 0.1) is 0 Å². The lowest BCUT2D eigenvalue weighted by atomic mass is 10.4. The number of carbonyl (C=O) groups is 1. The van der Waals surface area contributed by atoms with E-state index in [0.29, 0.717) is 0 Å². The molecular formula is C9H21O6P. The summed E-state index contributed by atoms with van der Waals surface area (Å²) in [5.41, 5.74) is 0. The number of carbonyl (C=O) groups excluding carboxylic acids is 1. The van der Waals surface area contributed by atoms with Gasteiger partial charge in [-0.1, -0.05) is 26.7 Å². The van der Waals surface area contributed by atoms with Crippen LogP contribution in [-0.4, -0.2) is 30.9 Å². The molecule has 1 N–H and O–H groups in total. The van der Waals surface area contributed by atoms with Crippen molar-refractivity contribution < 1.29 is 28.3 Å². The van der Waals surface area contributed by atoms with Crippen molar-refractivity contribution in [3.63, 3.8) is 0 Å². The lowest BCUT2D eigenvalue weighted by Gasteiger charge is -2.03. The summed E-state index contributed by atoms with van der Waals surface area (Å²) < 4.78 is 23.0. The minimum absolute atomic E-state index is 0.0875. The fourth-order valence-electron chi connectivity index (χ4n) is 0.413. The molecular weight excluding hydrogens is 235 g/mol. The second kappa shape index (κ2) is 14.4. The van der Waals surface area contributed by atoms with Crippen LogP contribution in [0.4, 0.5) is 4.79 Å². The molecule has 0 aliphatic carbocycles. The van der Waals surface area contributed by atoms with Crippen LogP contribution in [0.5, 0.6) is 0 Å². The van der Waals surface area contributed by atoms with Crippen LogP contribution in [-0.2, 0) is 18.6 Å². The molecule has 0 aromatic rings. The molecule has 0 aliphatic rings. The molecule has 0 spiro atoms. The van der Waals surface area contributed by atoms with Gasteiger partial charge in [-0.3, -0.25) is 4.57 Å². The first-order valence-electron chi connectivity index (χ1n) is 5.23. The molecule has 0 bridgehead atoms. The summed E-state index contributed by atoms with van der Waals surface area (Å²) >= 11 is 0. The zero-order valence-corrected chi connectivity index (χ0v) is 11.0. The third-order valence-corrected chi connectivity index (χ3v) is 1.74. The molecule has 0 radical (unpaired) electrons. The lowest BCUT2D eigenvalue weighted by Crippen LogP contribution is -2.10. The van der Waals surface area contributed by atoms with E-state index in [1.165, 1.54) is 12.8 Å². The smallest absolute Gasteiger partial charge is 0.435 e. The highest BCUT2D eigenvalue weighted by Gasteiger charge is 2.01. The molecule has 0 fully saturated rings. The third kappa shape index (κ3) is 19.1. The van der Waals surface area contributed by atoms with Crippen LogP contribution in [0.1, 0.15) is 33.6 Å². The van der Waals surface area contributed by atoms with Crippen LogP contribution >= 0.6 is 8.25 Å². The van der Waals surface area contributed by atoms with Crippen molar-refractivity contribution in [2.24, 2.45) is 0 Å². The Morgan fingerprint density at radius 2 is 1.69 bits per heavy atom. The number of hydrogen-bond donors (Lipinski definition) is 1. The van der Waals surface area contributed by atoms with Gasteiger partial charge < -0.3 is 18.9 Å². The topological polar surface area (TPSA) is 82.1 Å². The average Bonchev–Trinajstić information content (AvgIpc) is 2.25. The molecule has 7 heteroatoms. The number of unbranched alkanes of at least 4 members (excludes halogenated alkanes) is 1. The number of hydrogen-bond acceptors (Lipinski definition) is 5. The first-order chi connectivity index (χ1) is 7.58. The summed E-state index contributed by atoms with van der Waals surface area (Å²) in [7, 11) is -2.93. The molecule has 1 unspecified atom stereocenters. The van der Waals surface area contributed by atoms with E-state index in [1.807, 2.05) is 0 Å². The van der Waals surface area contributed by atoms with Gasteiger partial charge in [-0.25, -0.2) is 4.79 Å². The summed E-state index contributed by atoms with van der Waals surface area (Å²) in [6.07, 6.45) is 1.83. The number of rotatable bonds is 6. The summed E-state index contributed by atoms with van der Waals surface area (Å²) in [6.45, 7) is 6.05. The molecule has 0 amide bonds. The van der Waals surface area contributed by atoms with Crippen LogP contribution in [0.15, 0.2) is 0 Å². The third-order valence-electron chi connectivity index (χ3n) is 1.29. The minimum Gasteiger partial charge on any atom is -0.435 e. The second-order valence-electron chi connectivity index (χ2n) is 2.65. The Balaban J connectivity index is 0. The van der Waals surface area contributed by atoms with E-state index >= 15 is 0 Å². The van der Waals surface area contributed by atoms with E-state index < -0.39 is 14.4 Å². The van der Waals surface area contributed by atoms with Gasteiger partial charge in [0.15, 0.2) is 0 Å². The fourth-order valence-corrected chi connectivity index (χ4v) is 0.671. The molecule has 0 aliphatic heterocycles. The molecule has 16 heavy (non-hydrogen) atoms. The molecule has 0 saturated heterocycles. The largest absolute Gasteiger partial charge is 0.508 e. The molecule has 0 aromatic heterocycles. The predicted molar refractivity (Wildman–Crippen MR) is 60.7 cm³/mol. The van der Waals surface area contributed by atoms with Crippen molar-refractivity contribution in [3.8, 4) is 0 Å². The minimum atomic E-state index is -2.93. The Labute approximate surface area is 96.8 Å². The molecule has 0 rings (SSSR count). The van der Waals surface area contributed by atoms with E-state index in [-0.39, 0.29) is 19.8 Å².